The summed E-state index contributed by atoms with van der Waals surface area (Å²) in [5.74, 6) is -3.19. The summed E-state index contributed by atoms with van der Waals surface area (Å²) >= 11 is 0. The molecule has 0 bridgehead atoms. The Morgan fingerprint density at radius 3 is 2.42 bits per heavy atom. The van der Waals surface area contributed by atoms with Crippen LogP contribution in [0.25, 0.3) is 0 Å². The Labute approximate surface area is 135 Å². The van der Waals surface area contributed by atoms with E-state index < -0.39 is 42.8 Å². The summed E-state index contributed by atoms with van der Waals surface area (Å²) in [4.78, 5) is 36.5. The lowest BCUT2D eigenvalue weighted by Crippen LogP contribution is -2.70. The van der Waals surface area contributed by atoms with Crippen LogP contribution < -0.4 is 11.1 Å². The van der Waals surface area contributed by atoms with Crippen LogP contribution in [-0.2, 0) is 16.1 Å². The lowest BCUT2D eigenvalue weighted by molar-refractivity contribution is -0.190. The van der Waals surface area contributed by atoms with Gasteiger partial charge in [-0.2, -0.15) is 13.2 Å². The molecule has 1 aliphatic heterocycles. The fraction of sp³-hybridized carbons (Fsp3) is 0.357. The van der Waals surface area contributed by atoms with E-state index in [1.54, 1.807) is 18.2 Å². The normalized spacial score (nSPS) is 21.5. The molecule has 2 rings (SSSR count). The molecule has 2 atom stereocenters. The third-order valence-electron chi connectivity index (χ3n) is 3.55. The number of hydrogen-bond donors (Lipinski definition) is 2. The smallest absolute Gasteiger partial charge is 0.320 e. The van der Waals surface area contributed by atoms with Gasteiger partial charge in [-0.15, -0.1) is 0 Å². The first kappa shape index (κ1) is 17.7. The third kappa shape index (κ3) is 3.48. The van der Waals surface area contributed by atoms with Crippen LogP contribution in [0, 0.1) is 0 Å². The van der Waals surface area contributed by atoms with Crippen molar-refractivity contribution in [2.45, 2.75) is 24.9 Å². The maximum absolute atomic E-state index is 12.9. The first-order valence-corrected chi connectivity index (χ1v) is 6.88. The second kappa shape index (κ2) is 6.48. The highest BCUT2D eigenvalue weighted by Crippen LogP contribution is 2.24. The molecule has 7 nitrogen and oxygen atoms in total. The summed E-state index contributed by atoms with van der Waals surface area (Å²) in [5.41, 5.74) is 6.00. The van der Waals surface area contributed by atoms with Crippen molar-refractivity contribution in [3.63, 3.8) is 0 Å². The highest BCUT2D eigenvalue weighted by Gasteiger charge is 2.50. The van der Waals surface area contributed by atoms with Crippen molar-refractivity contribution in [2.75, 3.05) is 7.05 Å². The lowest BCUT2D eigenvalue weighted by Gasteiger charge is -2.40. The monoisotopic (exact) mass is 344 g/mol. The van der Waals surface area contributed by atoms with Crippen LogP contribution >= 0.6 is 0 Å². The Balaban J connectivity index is 2.39. The summed E-state index contributed by atoms with van der Waals surface area (Å²) in [6.45, 7) is -0.479. The van der Waals surface area contributed by atoms with Gasteiger partial charge >= 0.3 is 18.1 Å². The number of likely N-dealkylation sites (N-methyl/N-ethyl adjacent to an activating group) is 1. The minimum Gasteiger partial charge on any atom is -0.320 e. The number of carbonyl (C=O) groups excluding carboxylic acids is 3. The molecule has 0 spiro atoms. The number of alkyl halides is 3. The number of hydrogen-bond acceptors (Lipinski definition) is 4. The fourth-order valence-corrected chi connectivity index (χ4v) is 2.34. The van der Waals surface area contributed by atoms with Crippen molar-refractivity contribution in [3.8, 4) is 0 Å². The highest BCUT2D eigenvalue weighted by molar-refractivity contribution is 6.01. The molecular weight excluding hydrogens is 329 g/mol. The SMILES string of the molecule is CN1C(=O)NC(N)C(N(Cc2ccccc2)C(=O)C(F)(F)F)C1=O. The molecule has 1 aromatic carbocycles. The van der Waals surface area contributed by atoms with Crippen molar-refractivity contribution in [2.24, 2.45) is 5.73 Å². The minimum absolute atomic E-state index is 0.332. The van der Waals surface area contributed by atoms with Crippen molar-refractivity contribution in [1.29, 1.82) is 0 Å². The predicted molar refractivity (Wildman–Crippen MR) is 76.1 cm³/mol. The van der Waals surface area contributed by atoms with Crippen LogP contribution in [0.2, 0.25) is 0 Å². The van der Waals surface area contributed by atoms with Crippen LogP contribution in [0.15, 0.2) is 30.3 Å². The van der Waals surface area contributed by atoms with E-state index in [2.05, 4.69) is 5.32 Å². The highest BCUT2D eigenvalue weighted by atomic mass is 19.4. The molecule has 130 valence electrons. The molecule has 1 heterocycles. The van der Waals surface area contributed by atoms with E-state index in [0.29, 0.717) is 15.4 Å². The molecule has 1 aromatic rings. The number of urea groups is 1. The molecule has 1 saturated heterocycles. The maximum Gasteiger partial charge on any atom is 0.471 e. The summed E-state index contributed by atoms with van der Waals surface area (Å²) in [5, 5.41) is 2.16. The summed E-state index contributed by atoms with van der Waals surface area (Å²) in [6.07, 6.45) is -6.63. The Bertz CT molecular complexity index is 650. The van der Waals surface area contributed by atoms with Crippen molar-refractivity contribution in [3.05, 3.63) is 35.9 Å². The molecule has 4 amide bonds. The van der Waals surface area contributed by atoms with Gasteiger partial charge < -0.3 is 16.0 Å². The standard InChI is InChI=1S/C14H15F3N4O3/c1-20-11(22)9(10(18)19-13(20)24)21(12(23)14(15,16)17)7-8-5-3-2-4-6-8/h2-6,9-10H,7,18H2,1H3,(H,19,24). The number of nitrogens with two attached hydrogens (primary N) is 1. The van der Waals surface area contributed by atoms with Gasteiger partial charge in [-0.1, -0.05) is 30.3 Å². The van der Waals surface area contributed by atoms with Gasteiger partial charge in [-0.05, 0) is 5.56 Å². The summed E-state index contributed by atoms with van der Waals surface area (Å²) in [7, 11) is 1.09. The zero-order valence-corrected chi connectivity index (χ0v) is 12.6. The molecule has 0 aromatic heterocycles. The number of benzene rings is 1. The molecule has 1 aliphatic rings. The number of amides is 4. The molecular formula is C14H15F3N4O3. The number of nitrogens with one attached hydrogen (secondary N) is 1. The first-order chi connectivity index (χ1) is 11.1. The topological polar surface area (TPSA) is 95.7 Å². The molecule has 0 radical (unpaired) electrons. The van der Waals surface area contributed by atoms with Crippen molar-refractivity contribution >= 4 is 17.8 Å². The molecule has 0 saturated carbocycles. The van der Waals surface area contributed by atoms with Gasteiger partial charge in [0.1, 0.15) is 12.2 Å². The zero-order chi connectivity index (χ0) is 18.1. The number of carbonyl (C=O) groups is 3. The minimum atomic E-state index is -5.19. The number of nitrogens with zero attached hydrogens (tertiary/aromatic N) is 2. The zero-order valence-electron chi connectivity index (χ0n) is 12.6. The molecule has 3 N–H and O–H groups in total. The van der Waals surface area contributed by atoms with E-state index in [0.717, 1.165) is 7.05 Å². The Hall–Kier alpha value is -2.62. The van der Waals surface area contributed by atoms with E-state index in [-0.39, 0.29) is 0 Å². The molecule has 24 heavy (non-hydrogen) atoms. The van der Waals surface area contributed by atoms with Crippen molar-refractivity contribution < 1.29 is 27.6 Å². The average Bonchev–Trinajstić information content (AvgIpc) is 2.51. The van der Waals surface area contributed by atoms with Gasteiger partial charge in [-0.3, -0.25) is 14.5 Å². The van der Waals surface area contributed by atoms with Crippen LogP contribution in [0.1, 0.15) is 5.56 Å². The van der Waals surface area contributed by atoms with Gasteiger partial charge in [0.15, 0.2) is 0 Å². The Kier molecular flexibility index (Phi) is 4.78. The van der Waals surface area contributed by atoms with Crippen LogP contribution in [0.4, 0.5) is 18.0 Å². The average molecular weight is 344 g/mol. The fourth-order valence-electron chi connectivity index (χ4n) is 2.34. The molecule has 1 fully saturated rings. The van der Waals surface area contributed by atoms with E-state index in [9.17, 15) is 27.6 Å². The van der Waals surface area contributed by atoms with E-state index in [1.165, 1.54) is 12.1 Å². The third-order valence-corrected chi connectivity index (χ3v) is 3.55. The summed E-state index contributed by atoms with van der Waals surface area (Å²) in [6, 6.07) is 5.34. The Morgan fingerprint density at radius 1 is 1.29 bits per heavy atom. The molecule has 0 aliphatic carbocycles. The summed E-state index contributed by atoms with van der Waals surface area (Å²) < 4.78 is 38.8. The lowest BCUT2D eigenvalue weighted by atomic mass is 10.1. The van der Waals surface area contributed by atoms with Gasteiger partial charge in [0.05, 0.1) is 0 Å². The van der Waals surface area contributed by atoms with E-state index in [4.69, 9.17) is 5.73 Å². The predicted octanol–water partition coefficient (Wildman–Crippen LogP) is 0.413. The van der Waals surface area contributed by atoms with Gasteiger partial charge in [0.25, 0.3) is 5.91 Å². The molecule has 10 heteroatoms. The second-order valence-electron chi connectivity index (χ2n) is 5.23. The van der Waals surface area contributed by atoms with Crippen molar-refractivity contribution in [1.82, 2.24) is 15.1 Å². The number of imide groups is 1. The first-order valence-electron chi connectivity index (χ1n) is 6.88. The van der Waals surface area contributed by atoms with Crippen LogP contribution in [0.5, 0.6) is 0 Å². The van der Waals surface area contributed by atoms with Gasteiger partial charge in [0, 0.05) is 13.6 Å². The largest absolute Gasteiger partial charge is 0.471 e. The Morgan fingerprint density at radius 2 is 1.88 bits per heavy atom. The second-order valence-corrected chi connectivity index (χ2v) is 5.23. The van der Waals surface area contributed by atoms with E-state index in [1.807, 2.05) is 0 Å². The van der Waals surface area contributed by atoms with Gasteiger partial charge in [-0.25, -0.2) is 4.79 Å². The quantitative estimate of drug-likeness (QED) is 0.830. The number of halogens is 3. The van der Waals surface area contributed by atoms with Gasteiger partial charge in [0.2, 0.25) is 0 Å². The molecule has 2 unspecified atom stereocenters. The van der Waals surface area contributed by atoms with Crippen LogP contribution in [0.3, 0.4) is 0 Å². The van der Waals surface area contributed by atoms with E-state index >= 15 is 0 Å². The number of rotatable bonds is 3. The van der Waals surface area contributed by atoms with Crippen LogP contribution in [-0.4, -0.2) is 53.1 Å². The maximum atomic E-state index is 12.9.